The summed E-state index contributed by atoms with van der Waals surface area (Å²) < 4.78 is 10.7. The highest BCUT2D eigenvalue weighted by atomic mass is 79.9. The SMILES string of the molecule is COCCOCC(=O)Nc1c(C)cc(Br)nc1C. The number of nitrogens with one attached hydrogen (secondary N) is 1. The van der Waals surface area contributed by atoms with Gasteiger partial charge in [-0.1, -0.05) is 0 Å². The molecule has 0 aromatic carbocycles. The molecule has 100 valence electrons. The molecule has 1 rings (SSSR count). The van der Waals surface area contributed by atoms with Gasteiger partial charge in [0.25, 0.3) is 0 Å². The number of anilines is 1. The molecule has 1 aromatic rings. The van der Waals surface area contributed by atoms with E-state index in [4.69, 9.17) is 9.47 Å². The van der Waals surface area contributed by atoms with Crippen LogP contribution in [0.3, 0.4) is 0 Å². The minimum Gasteiger partial charge on any atom is -0.382 e. The van der Waals surface area contributed by atoms with Gasteiger partial charge < -0.3 is 14.8 Å². The van der Waals surface area contributed by atoms with E-state index in [1.165, 1.54) is 0 Å². The highest BCUT2D eigenvalue weighted by Gasteiger charge is 2.09. The summed E-state index contributed by atoms with van der Waals surface area (Å²) in [5, 5.41) is 2.79. The average molecular weight is 317 g/mol. The molecule has 1 amide bonds. The lowest BCUT2D eigenvalue weighted by atomic mass is 10.2. The largest absolute Gasteiger partial charge is 0.382 e. The van der Waals surface area contributed by atoms with Crippen LogP contribution in [0.1, 0.15) is 11.3 Å². The third kappa shape index (κ3) is 4.72. The number of pyridine rings is 1. The minimum absolute atomic E-state index is 0.0122. The van der Waals surface area contributed by atoms with Gasteiger partial charge in [0, 0.05) is 7.11 Å². The van der Waals surface area contributed by atoms with Crippen molar-refractivity contribution >= 4 is 27.5 Å². The zero-order valence-corrected chi connectivity index (χ0v) is 12.3. The molecule has 0 radical (unpaired) electrons. The van der Waals surface area contributed by atoms with E-state index in [9.17, 15) is 4.79 Å². The number of aryl methyl sites for hydroxylation is 2. The summed E-state index contributed by atoms with van der Waals surface area (Å²) in [7, 11) is 1.59. The van der Waals surface area contributed by atoms with Gasteiger partial charge in [-0.25, -0.2) is 4.98 Å². The van der Waals surface area contributed by atoms with Gasteiger partial charge in [0.15, 0.2) is 0 Å². The van der Waals surface area contributed by atoms with Crippen molar-refractivity contribution in [2.24, 2.45) is 0 Å². The van der Waals surface area contributed by atoms with Crippen LogP contribution in [0, 0.1) is 13.8 Å². The van der Waals surface area contributed by atoms with Crippen molar-refractivity contribution < 1.29 is 14.3 Å². The molecule has 5 nitrogen and oxygen atoms in total. The first kappa shape index (κ1) is 15.1. The Kier molecular flexibility index (Phi) is 6.24. The fourth-order valence-corrected chi connectivity index (χ4v) is 2.07. The third-order valence-electron chi connectivity index (χ3n) is 2.30. The number of nitrogens with zero attached hydrogens (tertiary/aromatic N) is 1. The Balaban J connectivity index is 2.54. The maximum Gasteiger partial charge on any atom is 0.250 e. The number of rotatable bonds is 6. The molecule has 1 heterocycles. The van der Waals surface area contributed by atoms with Gasteiger partial charge in [0.05, 0.1) is 24.6 Å². The molecule has 1 aromatic heterocycles. The molecule has 6 heteroatoms. The van der Waals surface area contributed by atoms with Gasteiger partial charge in [-0.3, -0.25) is 4.79 Å². The van der Waals surface area contributed by atoms with Crippen molar-refractivity contribution in [2.75, 3.05) is 32.2 Å². The van der Waals surface area contributed by atoms with Crippen molar-refractivity contribution in [1.82, 2.24) is 4.98 Å². The van der Waals surface area contributed by atoms with Crippen LogP contribution in [0.5, 0.6) is 0 Å². The monoisotopic (exact) mass is 316 g/mol. The van der Waals surface area contributed by atoms with Crippen molar-refractivity contribution in [3.63, 3.8) is 0 Å². The Morgan fingerprint density at radius 3 is 2.78 bits per heavy atom. The summed E-state index contributed by atoms with van der Waals surface area (Å²) in [5.41, 5.74) is 2.46. The lowest BCUT2D eigenvalue weighted by Gasteiger charge is -2.11. The van der Waals surface area contributed by atoms with Crippen LogP contribution in [0.2, 0.25) is 0 Å². The molecule has 0 aliphatic carbocycles. The molecule has 18 heavy (non-hydrogen) atoms. The summed E-state index contributed by atoms with van der Waals surface area (Å²) in [6.45, 7) is 4.66. The van der Waals surface area contributed by atoms with Gasteiger partial charge in [-0.15, -0.1) is 0 Å². The van der Waals surface area contributed by atoms with Gasteiger partial charge >= 0.3 is 0 Å². The summed E-state index contributed by atoms with van der Waals surface area (Å²) in [6.07, 6.45) is 0. The van der Waals surface area contributed by atoms with Crippen LogP contribution in [0.4, 0.5) is 5.69 Å². The van der Waals surface area contributed by atoms with Crippen LogP contribution in [0.25, 0.3) is 0 Å². The lowest BCUT2D eigenvalue weighted by Crippen LogP contribution is -2.21. The fraction of sp³-hybridized carbons (Fsp3) is 0.500. The molecule has 0 atom stereocenters. The zero-order valence-electron chi connectivity index (χ0n) is 10.7. The Morgan fingerprint density at radius 1 is 1.44 bits per heavy atom. The molecule has 1 N–H and O–H groups in total. The van der Waals surface area contributed by atoms with E-state index in [1.54, 1.807) is 7.11 Å². The number of ether oxygens (including phenoxy) is 2. The molecule has 0 saturated carbocycles. The number of methoxy groups -OCH3 is 1. The molecule has 0 aliphatic heterocycles. The Hall–Kier alpha value is -0.980. The van der Waals surface area contributed by atoms with Crippen LogP contribution in [0.15, 0.2) is 10.7 Å². The van der Waals surface area contributed by atoms with E-state index in [-0.39, 0.29) is 12.5 Å². The van der Waals surface area contributed by atoms with Crippen LogP contribution in [-0.4, -0.2) is 37.8 Å². The smallest absolute Gasteiger partial charge is 0.250 e. The van der Waals surface area contributed by atoms with E-state index in [2.05, 4.69) is 26.2 Å². The first-order valence-electron chi connectivity index (χ1n) is 5.55. The Morgan fingerprint density at radius 2 is 2.17 bits per heavy atom. The third-order valence-corrected chi connectivity index (χ3v) is 2.70. The lowest BCUT2D eigenvalue weighted by molar-refractivity contribution is -0.121. The normalized spacial score (nSPS) is 10.4. The van der Waals surface area contributed by atoms with Crippen molar-refractivity contribution in [1.29, 1.82) is 0 Å². The fourth-order valence-electron chi connectivity index (χ4n) is 1.46. The topological polar surface area (TPSA) is 60.5 Å². The average Bonchev–Trinajstić information content (AvgIpc) is 2.29. The Labute approximate surface area is 115 Å². The van der Waals surface area contributed by atoms with Crippen molar-refractivity contribution in [3.05, 3.63) is 21.9 Å². The summed E-state index contributed by atoms with van der Waals surface area (Å²) in [4.78, 5) is 15.9. The van der Waals surface area contributed by atoms with E-state index in [1.807, 2.05) is 19.9 Å². The minimum atomic E-state index is -0.193. The van der Waals surface area contributed by atoms with Gasteiger partial charge in [-0.05, 0) is 41.4 Å². The van der Waals surface area contributed by atoms with E-state index < -0.39 is 0 Å². The number of carbonyl (C=O) groups excluding carboxylic acids is 1. The van der Waals surface area contributed by atoms with Crippen LogP contribution < -0.4 is 5.32 Å². The quantitative estimate of drug-likeness (QED) is 0.644. The standard InChI is InChI=1S/C12H17BrN2O3/c1-8-6-10(13)14-9(2)12(8)15-11(16)7-18-5-4-17-3/h6H,4-5,7H2,1-3H3,(H,15,16). The van der Waals surface area contributed by atoms with Crippen molar-refractivity contribution in [2.45, 2.75) is 13.8 Å². The number of carbonyl (C=O) groups is 1. The highest BCUT2D eigenvalue weighted by molar-refractivity contribution is 9.10. The predicted molar refractivity (Wildman–Crippen MR) is 72.7 cm³/mol. The molecule has 0 fully saturated rings. The second-order valence-electron chi connectivity index (χ2n) is 3.82. The van der Waals surface area contributed by atoms with E-state index in [0.717, 1.165) is 21.5 Å². The molecule has 0 unspecified atom stereocenters. The summed E-state index contributed by atoms with van der Waals surface area (Å²) in [6, 6.07) is 1.86. The second kappa shape index (κ2) is 7.45. The number of hydrogen-bond donors (Lipinski definition) is 1. The van der Waals surface area contributed by atoms with Gasteiger partial charge in [0.2, 0.25) is 5.91 Å². The highest BCUT2D eigenvalue weighted by Crippen LogP contribution is 2.21. The zero-order chi connectivity index (χ0) is 13.5. The van der Waals surface area contributed by atoms with E-state index >= 15 is 0 Å². The maximum absolute atomic E-state index is 11.6. The molecular formula is C12H17BrN2O3. The van der Waals surface area contributed by atoms with E-state index in [0.29, 0.717) is 13.2 Å². The molecule has 0 spiro atoms. The van der Waals surface area contributed by atoms with Gasteiger partial charge in [-0.2, -0.15) is 0 Å². The molecular weight excluding hydrogens is 300 g/mol. The Bertz CT molecular complexity index is 401. The van der Waals surface area contributed by atoms with Gasteiger partial charge in [0.1, 0.15) is 11.2 Å². The second-order valence-corrected chi connectivity index (χ2v) is 4.63. The first-order chi connectivity index (χ1) is 8.54. The van der Waals surface area contributed by atoms with Crippen LogP contribution in [-0.2, 0) is 14.3 Å². The number of amides is 1. The molecule has 0 bridgehead atoms. The number of aromatic nitrogens is 1. The van der Waals surface area contributed by atoms with Crippen LogP contribution >= 0.6 is 15.9 Å². The molecule has 0 saturated heterocycles. The number of hydrogen-bond acceptors (Lipinski definition) is 4. The molecule has 0 aliphatic rings. The summed E-state index contributed by atoms with van der Waals surface area (Å²) >= 11 is 3.31. The van der Waals surface area contributed by atoms with Crippen molar-refractivity contribution in [3.8, 4) is 0 Å². The number of halogens is 1. The predicted octanol–water partition coefficient (Wildman–Crippen LogP) is 2.06. The summed E-state index contributed by atoms with van der Waals surface area (Å²) in [5.74, 6) is -0.193. The maximum atomic E-state index is 11.6. The first-order valence-corrected chi connectivity index (χ1v) is 6.34.